The van der Waals surface area contributed by atoms with Crippen LogP contribution in [0.5, 0.6) is 0 Å². The fourth-order valence-corrected chi connectivity index (χ4v) is 3.04. The number of aryl methyl sites for hydroxylation is 1. The van der Waals surface area contributed by atoms with E-state index in [1.807, 2.05) is 36.4 Å². The summed E-state index contributed by atoms with van der Waals surface area (Å²) in [6.45, 7) is 2.08. The Balaban J connectivity index is 2.27. The number of nitrogen functional groups attached to an aromatic ring is 1. The predicted octanol–water partition coefficient (Wildman–Crippen LogP) is 1.14. The summed E-state index contributed by atoms with van der Waals surface area (Å²) in [7, 11) is 2.10. The lowest BCUT2D eigenvalue weighted by molar-refractivity contribution is 0.615. The highest BCUT2D eigenvalue weighted by atomic mass is 16.2. The second-order valence-electron chi connectivity index (χ2n) is 5.90. The van der Waals surface area contributed by atoms with Crippen molar-refractivity contribution >= 4 is 31.9 Å². The van der Waals surface area contributed by atoms with E-state index in [1.165, 1.54) is 5.46 Å². The summed E-state index contributed by atoms with van der Waals surface area (Å²) < 4.78 is 0. The van der Waals surface area contributed by atoms with Crippen LogP contribution in [0.2, 0.25) is 0 Å². The normalized spacial score (nSPS) is 10.5. The minimum Gasteiger partial charge on any atom is -0.449 e. The molecule has 0 aliphatic heterocycles. The van der Waals surface area contributed by atoms with Crippen LogP contribution in [0.4, 0.5) is 5.69 Å². The number of nitrogens with two attached hydrogens (primary N) is 1. The Bertz CT molecular complexity index is 862. The van der Waals surface area contributed by atoms with Gasteiger partial charge in [0.15, 0.2) is 0 Å². The van der Waals surface area contributed by atoms with E-state index in [0.29, 0.717) is 0 Å². The first-order valence-corrected chi connectivity index (χ1v) is 7.77. The molecule has 112 valence electrons. The average molecular weight is 299 g/mol. The van der Waals surface area contributed by atoms with E-state index in [2.05, 4.69) is 39.0 Å². The molecule has 0 heterocycles. The summed E-state index contributed by atoms with van der Waals surface area (Å²) >= 11 is 0. The molecule has 4 heteroatoms. The molecule has 0 fully saturated rings. The molecule has 0 unspecified atom stereocenters. The molecule has 3 N–H and O–H groups in total. The van der Waals surface area contributed by atoms with Crippen LogP contribution in [0.3, 0.4) is 0 Å². The van der Waals surface area contributed by atoms with E-state index in [9.17, 15) is 5.02 Å². The van der Waals surface area contributed by atoms with Gasteiger partial charge in [-0.1, -0.05) is 54.0 Å². The Labute approximate surface area is 138 Å². The number of hydrogen-bond acceptors (Lipinski definition) is 2. The van der Waals surface area contributed by atoms with Crippen molar-refractivity contribution in [2.75, 3.05) is 5.73 Å². The lowest BCUT2D eigenvalue weighted by Crippen LogP contribution is -2.17. The van der Waals surface area contributed by atoms with Crippen LogP contribution in [-0.2, 0) is 0 Å². The molecular weight excluding hydrogens is 280 g/mol. The quantitative estimate of drug-likeness (QED) is 0.563. The molecule has 23 heavy (non-hydrogen) atoms. The second-order valence-corrected chi connectivity index (χ2v) is 5.90. The third-order valence-corrected chi connectivity index (χ3v) is 4.24. The molecule has 0 amide bonds. The summed E-state index contributed by atoms with van der Waals surface area (Å²) in [6.07, 6.45) is 0. The summed E-state index contributed by atoms with van der Waals surface area (Å²) in [6, 6.07) is 20.3. The Kier molecular flexibility index (Phi) is 4.26. The minimum atomic E-state index is 0.00323. The molecule has 0 saturated heterocycles. The maximum absolute atomic E-state index is 9.63. The molecule has 0 aliphatic rings. The highest BCUT2D eigenvalue weighted by Gasteiger charge is 2.14. The van der Waals surface area contributed by atoms with Crippen LogP contribution in [0.1, 0.15) is 5.56 Å². The van der Waals surface area contributed by atoms with Crippen LogP contribution in [0.15, 0.2) is 60.7 Å². The van der Waals surface area contributed by atoms with Gasteiger partial charge in [-0.25, -0.2) is 0 Å². The Morgan fingerprint density at radius 3 is 2.09 bits per heavy atom. The summed E-state index contributed by atoms with van der Waals surface area (Å²) in [5, 5.41) is 9.63. The Morgan fingerprint density at radius 1 is 0.870 bits per heavy atom. The zero-order valence-corrected chi connectivity index (χ0v) is 13.5. The highest BCUT2D eigenvalue weighted by molar-refractivity contribution is 6.48. The van der Waals surface area contributed by atoms with Crippen LogP contribution < -0.4 is 16.7 Å². The van der Waals surface area contributed by atoms with E-state index >= 15 is 0 Å². The zero-order chi connectivity index (χ0) is 16.4. The van der Waals surface area contributed by atoms with Gasteiger partial charge in [-0.05, 0) is 41.2 Å². The maximum Gasteiger partial charge on any atom is 0.305 e. The third-order valence-electron chi connectivity index (χ3n) is 4.24. The highest BCUT2D eigenvalue weighted by Crippen LogP contribution is 2.34. The van der Waals surface area contributed by atoms with Gasteiger partial charge in [-0.3, -0.25) is 0 Å². The van der Waals surface area contributed by atoms with Gasteiger partial charge in [-0.2, -0.15) is 0 Å². The topological polar surface area (TPSA) is 46.2 Å². The van der Waals surface area contributed by atoms with E-state index in [0.717, 1.165) is 39.0 Å². The van der Waals surface area contributed by atoms with Gasteiger partial charge in [0.25, 0.3) is 0 Å². The van der Waals surface area contributed by atoms with Crippen molar-refractivity contribution in [1.82, 2.24) is 0 Å². The molecule has 0 saturated carbocycles. The first-order valence-electron chi connectivity index (χ1n) is 7.77. The van der Waals surface area contributed by atoms with Gasteiger partial charge in [0, 0.05) is 16.8 Å². The molecule has 0 radical (unpaired) electrons. The van der Waals surface area contributed by atoms with E-state index < -0.39 is 0 Å². The van der Waals surface area contributed by atoms with Crippen LogP contribution in [-0.4, -0.2) is 20.4 Å². The molecule has 3 aromatic carbocycles. The molecule has 3 aromatic rings. The first kappa shape index (κ1) is 15.4. The molecule has 0 atom stereocenters. The van der Waals surface area contributed by atoms with Crippen molar-refractivity contribution in [3.05, 3.63) is 66.2 Å². The Morgan fingerprint density at radius 2 is 1.43 bits per heavy atom. The van der Waals surface area contributed by atoms with Crippen molar-refractivity contribution in [1.29, 1.82) is 0 Å². The van der Waals surface area contributed by atoms with Crippen LogP contribution in [0.25, 0.3) is 22.3 Å². The van der Waals surface area contributed by atoms with Gasteiger partial charge < -0.3 is 10.8 Å². The predicted molar refractivity (Wildman–Crippen MR) is 104 cm³/mol. The van der Waals surface area contributed by atoms with Crippen molar-refractivity contribution in [3.63, 3.8) is 0 Å². The lowest BCUT2D eigenvalue weighted by atomic mass is 9.79. The van der Waals surface area contributed by atoms with E-state index in [-0.39, 0.29) is 7.48 Å². The van der Waals surface area contributed by atoms with Gasteiger partial charge >= 0.3 is 7.48 Å². The summed E-state index contributed by atoms with van der Waals surface area (Å²) in [5.74, 6) is 0. The van der Waals surface area contributed by atoms with Gasteiger partial charge in [0.05, 0.1) is 0 Å². The summed E-state index contributed by atoms with van der Waals surface area (Å²) in [4.78, 5) is 0. The smallest absolute Gasteiger partial charge is 0.305 e. The van der Waals surface area contributed by atoms with Gasteiger partial charge in [-0.15, -0.1) is 0 Å². The van der Waals surface area contributed by atoms with Crippen molar-refractivity contribution in [2.24, 2.45) is 0 Å². The molecule has 0 aromatic heterocycles. The average Bonchev–Trinajstić information content (AvgIpc) is 2.57. The molecule has 0 aliphatic carbocycles. The van der Waals surface area contributed by atoms with E-state index in [4.69, 9.17) is 5.73 Å². The number of anilines is 1. The van der Waals surface area contributed by atoms with Crippen molar-refractivity contribution in [3.8, 4) is 22.3 Å². The van der Waals surface area contributed by atoms with Gasteiger partial charge in [0.2, 0.25) is 0 Å². The molecule has 0 bridgehead atoms. The number of rotatable bonds is 3. The van der Waals surface area contributed by atoms with Crippen LogP contribution in [0, 0.1) is 6.92 Å². The number of hydrogen-bond donors (Lipinski definition) is 2. The Hall–Kier alpha value is -2.45. The second kappa shape index (κ2) is 6.35. The third kappa shape index (κ3) is 2.90. The molecular formula is C19H19B2NO. The summed E-state index contributed by atoms with van der Waals surface area (Å²) in [5.41, 5.74) is 14.7. The van der Waals surface area contributed by atoms with Crippen molar-refractivity contribution in [2.45, 2.75) is 6.92 Å². The zero-order valence-electron chi connectivity index (χ0n) is 13.5. The monoisotopic (exact) mass is 299 g/mol. The fourth-order valence-electron chi connectivity index (χ4n) is 3.04. The molecule has 3 rings (SSSR count). The van der Waals surface area contributed by atoms with Crippen LogP contribution >= 0.6 is 0 Å². The van der Waals surface area contributed by atoms with E-state index in [1.54, 1.807) is 0 Å². The molecule has 2 nitrogen and oxygen atoms in total. The lowest BCUT2D eigenvalue weighted by Gasteiger charge is -2.16. The minimum absolute atomic E-state index is 0.00323. The SMILES string of the molecule is Bc1ccccc1-c1cc(C)cc(-c2ccccc2BO)c1N. The number of benzene rings is 3. The first-order chi connectivity index (χ1) is 11.1. The van der Waals surface area contributed by atoms with Gasteiger partial charge in [0.1, 0.15) is 7.85 Å². The van der Waals surface area contributed by atoms with Crippen molar-refractivity contribution < 1.29 is 5.02 Å². The fraction of sp³-hybridized carbons (Fsp3) is 0.0526. The largest absolute Gasteiger partial charge is 0.449 e. The molecule has 0 spiro atoms. The standard InChI is InChI=1S/C19H19B2NO/c1-12-10-15(13-6-2-4-8-17(13)20)19(22)16(11-12)14-7-3-5-9-18(14)21-23/h2-11,21,23H,20,22H2,1H3. The maximum atomic E-state index is 9.63.